The van der Waals surface area contributed by atoms with Crippen molar-refractivity contribution in [2.45, 2.75) is 24.4 Å². The largest absolute Gasteiger partial charge is 0.444 e. The highest BCUT2D eigenvalue weighted by atomic mass is 32.2. The highest BCUT2D eigenvalue weighted by Gasteiger charge is 2.13. The third kappa shape index (κ3) is 3.67. The maximum absolute atomic E-state index is 5.57. The van der Waals surface area contributed by atoms with Gasteiger partial charge >= 0.3 is 0 Å². The molecule has 0 radical (unpaired) electrons. The van der Waals surface area contributed by atoms with E-state index in [0.29, 0.717) is 11.6 Å². The molecule has 0 atom stereocenters. The van der Waals surface area contributed by atoms with E-state index in [1.54, 1.807) is 29.4 Å². The minimum Gasteiger partial charge on any atom is -0.444 e. The van der Waals surface area contributed by atoms with E-state index in [-0.39, 0.29) is 0 Å². The van der Waals surface area contributed by atoms with Crippen LogP contribution in [0, 0.1) is 6.92 Å². The molecule has 4 aromatic rings. The van der Waals surface area contributed by atoms with Crippen LogP contribution in [0.15, 0.2) is 63.7 Å². The molecule has 0 saturated carbocycles. The van der Waals surface area contributed by atoms with Crippen LogP contribution < -0.4 is 0 Å². The van der Waals surface area contributed by atoms with E-state index in [0.717, 1.165) is 28.1 Å². The summed E-state index contributed by atoms with van der Waals surface area (Å²) in [5, 5.41) is 11.4. The van der Waals surface area contributed by atoms with E-state index in [2.05, 4.69) is 31.9 Å². The average Bonchev–Trinajstić information content (AvgIpc) is 3.37. The number of hydrogen-bond donors (Lipinski definition) is 0. The van der Waals surface area contributed by atoms with Crippen molar-refractivity contribution in [3.63, 3.8) is 0 Å². The Morgan fingerprint density at radius 2 is 2.00 bits per heavy atom. The molecule has 0 bridgehead atoms. The van der Waals surface area contributed by atoms with Crippen molar-refractivity contribution in [2.24, 2.45) is 0 Å². The van der Waals surface area contributed by atoms with Gasteiger partial charge in [0.25, 0.3) is 0 Å². The van der Waals surface area contributed by atoms with Crippen LogP contribution in [0.25, 0.3) is 10.8 Å². The Kier molecular flexibility index (Phi) is 4.67. The van der Waals surface area contributed by atoms with Gasteiger partial charge in [-0.15, -0.1) is 21.5 Å². The molecule has 7 heteroatoms. The van der Waals surface area contributed by atoms with Crippen LogP contribution in [0.5, 0.6) is 0 Å². The lowest BCUT2D eigenvalue weighted by Crippen LogP contribution is -2.03. The fraction of sp³-hybridized carbons (Fsp3) is 0.167. The van der Waals surface area contributed by atoms with E-state index in [1.807, 2.05) is 42.6 Å². The summed E-state index contributed by atoms with van der Waals surface area (Å²) in [7, 11) is 0. The second kappa shape index (κ2) is 7.25. The summed E-state index contributed by atoms with van der Waals surface area (Å²) in [6.45, 7) is 2.74. The number of oxazole rings is 1. The highest BCUT2D eigenvalue weighted by molar-refractivity contribution is 7.98. The summed E-state index contributed by atoms with van der Waals surface area (Å²) in [6.07, 6.45) is 1.72. The third-order valence-corrected chi connectivity index (χ3v) is 5.58. The number of thiophene rings is 1. The van der Waals surface area contributed by atoms with Crippen molar-refractivity contribution in [3.05, 3.63) is 71.2 Å². The van der Waals surface area contributed by atoms with Gasteiger partial charge in [0.1, 0.15) is 12.1 Å². The molecule has 0 aliphatic carbocycles. The summed E-state index contributed by atoms with van der Waals surface area (Å²) in [5.74, 6) is 2.28. The zero-order chi connectivity index (χ0) is 17.1. The lowest BCUT2D eigenvalue weighted by Gasteiger charge is -2.07. The Morgan fingerprint density at radius 3 is 2.80 bits per heavy atom. The summed E-state index contributed by atoms with van der Waals surface area (Å²) in [5.41, 5.74) is 2.13. The first-order valence-corrected chi connectivity index (χ1v) is 9.71. The maximum Gasteiger partial charge on any atom is 0.236 e. The zero-order valence-electron chi connectivity index (χ0n) is 13.6. The minimum atomic E-state index is 0.674. The summed E-state index contributed by atoms with van der Waals surface area (Å²) in [6, 6.07) is 14.3. The Morgan fingerprint density at radius 1 is 1.12 bits per heavy atom. The number of thioether (sulfide) groups is 1. The lowest BCUT2D eigenvalue weighted by molar-refractivity contribution is 0.575. The normalized spacial score (nSPS) is 11.1. The third-order valence-electron chi connectivity index (χ3n) is 3.72. The fourth-order valence-electron chi connectivity index (χ4n) is 2.44. The molecule has 5 nitrogen and oxygen atoms in total. The van der Waals surface area contributed by atoms with Gasteiger partial charge in [-0.25, -0.2) is 4.98 Å². The average molecular weight is 368 g/mol. The number of aryl methyl sites for hydroxylation is 1. The molecule has 1 aromatic carbocycles. The first-order valence-electron chi connectivity index (χ1n) is 7.84. The monoisotopic (exact) mass is 368 g/mol. The molecule has 0 fully saturated rings. The van der Waals surface area contributed by atoms with Gasteiger partial charge in [0.05, 0.1) is 17.1 Å². The lowest BCUT2D eigenvalue weighted by atomic mass is 10.2. The van der Waals surface area contributed by atoms with Crippen molar-refractivity contribution < 1.29 is 4.42 Å². The topological polar surface area (TPSA) is 56.7 Å². The second-order valence-corrected chi connectivity index (χ2v) is 7.40. The van der Waals surface area contributed by atoms with E-state index in [1.165, 1.54) is 5.56 Å². The smallest absolute Gasteiger partial charge is 0.236 e. The van der Waals surface area contributed by atoms with Gasteiger partial charge in [-0.1, -0.05) is 48.2 Å². The van der Waals surface area contributed by atoms with Gasteiger partial charge in [-0.3, -0.25) is 0 Å². The van der Waals surface area contributed by atoms with Gasteiger partial charge in [0.2, 0.25) is 5.89 Å². The van der Waals surface area contributed by atoms with Crippen LogP contribution in [0.3, 0.4) is 0 Å². The fourth-order valence-corrected chi connectivity index (χ4v) is 3.96. The predicted molar refractivity (Wildman–Crippen MR) is 99.7 cm³/mol. The van der Waals surface area contributed by atoms with Gasteiger partial charge < -0.3 is 8.98 Å². The van der Waals surface area contributed by atoms with Crippen molar-refractivity contribution in [2.75, 3.05) is 0 Å². The van der Waals surface area contributed by atoms with Crippen LogP contribution in [-0.2, 0) is 12.3 Å². The number of hydrogen-bond acceptors (Lipinski definition) is 6. The minimum absolute atomic E-state index is 0.674. The highest BCUT2D eigenvalue weighted by Crippen LogP contribution is 2.27. The predicted octanol–water partition coefficient (Wildman–Crippen LogP) is 4.64. The van der Waals surface area contributed by atoms with E-state index < -0.39 is 0 Å². The standard InChI is InChI=1S/C18H16N4OS2/c1-13-20-21-18(22(13)10-14-6-3-2-4-7-14)25-12-15-11-23-17(19-15)16-8-5-9-24-16/h2-9,11H,10,12H2,1H3. The Labute approximate surface area is 153 Å². The quantitative estimate of drug-likeness (QED) is 0.464. The maximum atomic E-state index is 5.57. The second-order valence-electron chi connectivity index (χ2n) is 5.51. The Hall–Kier alpha value is -2.38. The van der Waals surface area contributed by atoms with Crippen LogP contribution in [-0.4, -0.2) is 19.7 Å². The number of aromatic nitrogens is 4. The summed E-state index contributed by atoms with van der Waals surface area (Å²) in [4.78, 5) is 5.59. The molecule has 0 saturated heterocycles. The molecule has 0 unspecified atom stereocenters. The van der Waals surface area contributed by atoms with Crippen molar-refractivity contribution in [1.82, 2.24) is 19.7 Å². The van der Waals surface area contributed by atoms with Crippen LogP contribution in [0.4, 0.5) is 0 Å². The van der Waals surface area contributed by atoms with E-state index in [9.17, 15) is 0 Å². The van der Waals surface area contributed by atoms with Gasteiger partial charge in [0.15, 0.2) is 5.16 Å². The first kappa shape index (κ1) is 16.1. The Balaban J connectivity index is 1.47. The molecule has 0 amide bonds. The van der Waals surface area contributed by atoms with E-state index >= 15 is 0 Å². The van der Waals surface area contributed by atoms with Crippen molar-refractivity contribution in [1.29, 1.82) is 0 Å². The van der Waals surface area contributed by atoms with Gasteiger partial charge in [0, 0.05) is 5.75 Å². The van der Waals surface area contributed by atoms with Crippen molar-refractivity contribution in [3.8, 4) is 10.8 Å². The molecule has 3 heterocycles. The van der Waals surface area contributed by atoms with Gasteiger partial charge in [-0.05, 0) is 23.9 Å². The molecule has 0 spiro atoms. The summed E-state index contributed by atoms with van der Waals surface area (Å²) >= 11 is 3.24. The number of nitrogens with zero attached hydrogens (tertiary/aromatic N) is 4. The van der Waals surface area contributed by atoms with Crippen LogP contribution >= 0.6 is 23.1 Å². The Bertz CT molecular complexity index is 945. The molecule has 25 heavy (non-hydrogen) atoms. The molecule has 0 N–H and O–H groups in total. The van der Waals surface area contributed by atoms with Crippen LogP contribution in [0.2, 0.25) is 0 Å². The molecule has 3 aromatic heterocycles. The molecule has 4 rings (SSSR count). The summed E-state index contributed by atoms with van der Waals surface area (Å²) < 4.78 is 7.70. The van der Waals surface area contributed by atoms with Crippen LogP contribution in [0.1, 0.15) is 17.1 Å². The van der Waals surface area contributed by atoms with Crippen molar-refractivity contribution >= 4 is 23.1 Å². The van der Waals surface area contributed by atoms with Gasteiger partial charge in [-0.2, -0.15) is 0 Å². The number of benzene rings is 1. The molecule has 0 aliphatic heterocycles. The SMILES string of the molecule is Cc1nnc(SCc2coc(-c3cccs3)n2)n1Cc1ccccc1. The zero-order valence-corrected chi connectivity index (χ0v) is 15.3. The first-order chi connectivity index (χ1) is 12.3. The molecular formula is C18H16N4OS2. The molecule has 0 aliphatic rings. The van der Waals surface area contributed by atoms with E-state index in [4.69, 9.17) is 4.42 Å². The molecule has 126 valence electrons. The number of rotatable bonds is 6. The molecular weight excluding hydrogens is 352 g/mol.